The van der Waals surface area contributed by atoms with Gasteiger partial charge in [0.15, 0.2) is 5.54 Å². The number of rotatable bonds is 4. The molecule has 0 aromatic heterocycles. The number of hydrogen-bond acceptors (Lipinski definition) is 2. The maximum absolute atomic E-state index is 13.8. The van der Waals surface area contributed by atoms with E-state index in [0.717, 1.165) is 0 Å². The SMILES string of the molecule is CC(Nc1ccccc1F)(C(=O)O)c1cccc(Cl)c1Cl. The van der Waals surface area contributed by atoms with Gasteiger partial charge in [-0.3, -0.25) is 0 Å². The van der Waals surface area contributed by atoms with Crippen molar-refractivity contribution in [3.63, 3.8) is 0 Å². The van der Waals surface area contributed by atoms with E-state index in [1.54, 1.807) is 18.2 Å². The van der Waals surface area contributed by atoms with E-state index in [4.69, 9.17) is 23.2 Å². The molecule has 0 heterocycles. The summed E-state index contributed by atoms with van der Waals surface area (Å²) in [5, 5.41) is 12.6. The Labute approximate surface area is 131 Å². The smallest absolute Gasteiger partial charge is 0.333 e. The average Bonchev–Trinajstić information content (AvgIpc) is 2.44. The first-order valence-corrected chi connectivity index (χ1v) is 6.82. The fourth-order valence-electron chi connectivity index (χ4n) is 1.96. The summed E-state index contributed by atoms with van der Waals surface area (Å²) in [6, 6.07) is 10.5. The van der Waals surface area contributed by atoms with Gasteiger partial charge in [-0.2, -0.15) is 0 Å². The monoisotopic (exact) mass is 327 g/mol. The molecule has 110 valence electrons. The van der Waals surface area contributed by atoms with E-state index < -0.39 is 17.3 Å². The minimum atomic E-state index is -1.62. The highest BCUT2D eigenvalue weighted by Gasteiger charge is 2.38. The third-order valence-electron chi connectivity index (χ3n) is 3.18. The molecule has 0 saturated carbocycles. The lowest BCUT2D eigenvalue weighted by molar-refractivity contribution is -0.142. The van der Waals surface area contributed by atoms with E-state index in [-0.39, 0.29) is 21.3 Å². The summed E-state index contributed by atoms with van der Waals surface area (Å²) in [4.78, 5) is 11.7. The highest BCUT2D eigenvalue weighted by Crippen LogP contribution is 2.36. The maximum Gasteiger partial charge on any atom is 0.333 e. The van der Waals surface area contributed by atoms with Crippen molar-refractivity contribution in [2.24, 2.45) is 0 Å². The number of para-hydroxylation sites is 1. The Balaban J connectivity index is 2.54. The van der Waals surface area contributed by atoms with Gasteiger partial charge in [0.05, 0.1) is 15.7 Å². The normalized spacial score (nSPS) is 13.5. The Hall–Kier alpha value is -1.78. The number of halogens is 3. The Morgan fingerprint density at radius 2 is 1.86 bits per heavy atom. The number of nitrogens with one attached hydrogen (secondary N) is 1. The standard InChI is InChI=1S/C15H12Cl2FNO2/c1-15(14(20)21,9-5-4-6-10(16)13(9)17)19-12-8-3-2-7-11(12)18/h2-8,19H,1H3,(H,20,21). The van der Waals surface area contributed by atoms with Crippen molar-refractivity contribution < 1.29 is 14.3 Å². The second-order valence-corrected chi connectivity index (χ2v) is 5.42. The van der Waals surface area contributed by atoms with Crippen molar-refractivity contribution in [3.8, 4) is 0 Å². The van der Waals surface area contributed by atoms with Crippen LogP contribution in [0.3, 0.4) is 0 Å². The van der Waals surface area contributed by atoms with Gasteiger partial charge in [0.25, 0.3) is 0 Å². The molecule has 0 aliphatic rings. The second-order valence-electron chi connectivity index (χ2n) is 4.64. The van der Waals surface area contributed by atoms with Gasteiger partial charge in [-0.25, -0.2) is 9.18 Å². The summed E-state index contributed by atoms with van der Waals surface area (Å²) in [5.41, 5.74) is -1.30. The number of aliphatic carboxylic acids is 1. The van der Waals surface area contributed by atoms with Crippen LogP contribution in [0.25, 0.3) is 0 Å². The molecular weight excluding hydrogens is 316 g/mol. The second kappa shape index (κ2) is 5.92. The van der Waals surface area contributed by atoms with Crippen LogP contribution in [0.2, 0.25) is 10.0 Å². The van der Waals surface area contributed by atoms with Gasteiger partial charge >= 0.3 is 5.97 Å². The van der Waals surface area contributed by atoms with Gasteiger partial charge in [0, 0.05) is 5.56 Å². The summed E-state index contributed by atoms with van der Waals surface area (Å²) in [6.45, 7) is 1.40. The highest BCUT2D eigenvalue weighted by molar-refractivity contribution is 6.42. The Morgan fingerprint density at radius 1 is 1.19 bits per heavy atom. The number of hydrogen-bond donors (Lipinski definition) is 2. The third kappa shape index (κ3) is 2.96. The molecule has 0 aliphatic carbocycles. The number of carbonyl (C=O) groups is 1. The molecule has 2 N–H and O–H groups in total. The summed E-state index contributed by atoms with van der Waals surface area (Å²) in [6.07, 6.45) is 0. The molecule has 2 aromatic carbocycles. The summed E-state index contributed by atoms with van der Waals surface area (Å²) in [5.74, 6) is -1.75. The van der Waals surface area contributed by atoms with Crippen molar-refractivity contribution in [2.45, 2.75) is 12.5 Å². The Kier molecular flexibility index (Phi) is 4.40. The van der Waals surface area contributed by atoms with Crippen molar-refractivity contribution in [3.05, 3.63) is 63.9 Å². The van der Waals surface area contributed by atoms with E-state index in [9.17, 15) is 14.3 Å². The highest BCUT2D eigenvalue weighted by atomic mass is 35.5. The molecule has 21 heavy (non-hydrogen) atoms. The molecule has 3 nitrogen and oxygen atoms in total. The zero-order chi connectivity index (χ0) is 15.6. The quantitative estimate of drug-likeness (QED) is 0.866. The lowest BCUT2D eigenvalue weighted by atomic mass is 9.91. The number of carboxylic acid groups (broad SMARTS) is 1. The van der Waals surface area contributed by atoms with E-state index in [1.807, 2.05) is 0 Å². The van der Waals surface area contributed by atoms with Gasteiger partial charge in [-0.05, 0) is 25.1 Å². The molecule has 2 rings (SSSR count). The van der Waals surface area contributed by atoms with Gasteiger partial charge in [-0.1, -0.05) is 47.5 Å². The molecule has 0 fully saturated rings. The predicted octanol–water partition coefficient (Wildman–Crippen LogP) is 4.54. The van der Waals surface area contributed by atoms with Crippen LogP contribution >= 0.6 is 23.2 Å². The van der Waals surface area contributed by atoms with Crippen LogP contribution in [0.5, 0.6) is 0 Å². The average molecular weight is 328 g/mol. The number of carboxylic acids is 1. The maximum atomic E-state index is 13.8. The molecule has 1 atom stereocenters. The van der Waals surface area contributed by atoms with Crippen LogP contribution in [0.4, 0.5) is 10.1 Å². The van der Waals surface area contributed by atoms with Gasteiger partial charge < -0.3 is 10.4 Å². The van der Waals surface area contributed by atoms with Crippen LogP contribution in [0.1, 0.15) is 12.5 Å². The molecule has 1 unspecified atom stereocenters. The Morgan fingerprint density at radius 3 is 2.48 bits per heavy atom. The minimum absolute atomic E-state index is 0.0680. The summed E-state index contributed by atoms with van der Waals surface area (Å²) >= 11 is 12.0. The van der Waals surface area contributed by atoms with Crippen molar-refractivity contribution in [1.29, 1.82) is 0 Å². The first kappa shape index (κ1) is 15.6. The van der Waals surface area contributed by atoms with E-state index in [2.05, 4.69) is 5.32 Å². The molecule has 2 aromatic rings. The molecular formula is C15H12Cl2FNO2. The summed E-state index contributed by atoms with van der Waals surface area (Å²) in [7, 11) is 0. The fourth-order valence-corrected chi connectivity index (χ4v) is 2.45. The largest absolute Gasteiger partial charge is 0.479 e. The summed E-state index contributed by atoms with van der Waals surface area (Å²) < 4.78 is 13.8. The van der Waals surface area contributed by atoms with Crippen LogP contribution in [-0.4, -0.2) is 11.1 Å². The number of benzene rings is 2. The minimum Gasteiger partial charge on any atom is -0.479 e. The van der Waals surface area contributed by atoms with Crippen LogP contribution < -0.4 is 5.32 Å². The van der Waals surface area contributed by atoms with Crippen molar-refractivity contribution in [1.82, 2.24) is 0 Å². The van der Waals surface area contributed by atoms with E-state index in [0.29, 0.717) is 0 Å². The molecule has 0 spiro atoms. The van der Waals surface area contributed by atoms with Crippen molar-refractivity contribution >= 4 is 34.9 Å². The third-order valence-corrected chi connectivity index (χ3v) is 4.00. The predicted molar refractivity (Wildman–Crippen MR) is 81.5 cm³/mol. The lowest BCUT2D eigenvalue weighted by Gasteiger charge is -2.29. The van der Waals surface area contributed by atoms with E-state index in [1.165, 1.54) is 31.2 Å². The lowest BCUT2D eigenvalue weighted by Crippen LogP contribution is -2.41. The molecule has 0 radical (unpaired) electrons. The molecule has 0 aliphatic heterocycles. The Bertz CT molecular complexity index is 693. The zero-order valence-corrected chi connectivity index (χ0v) is 12.5. The molecule has 0 saturated heterocycles. The van der Waals surface area contributed by atoms with Gasteiger partial charge in [0.1, 0.15) is 5.82 Å². The number of anilines is 1. The van der Waals surface area contributed by atoms with Crippen LogP contribution in [-0.2, 0) is 10.3 Å². The topological polar surface area (TPSA) is 49.3 Å². The molecule has 0 amide bonds. The van der Waals surface area contributed by atoms with Gasteiger partial charge in [-0.15, -0.1) is 0 Å². The molecule has 0 bridgehead atoms. The molecule has 6 heteroatoms. The van der Waals surface area contributed by atoms with Gasteiger partial charge in [0.2, 0.25) is 0 Å². The van der Waals surface area contributed by atoms with Crippen molar-refractivity contribution in [2.75, 3.05) is 5.32 Å². The van der Waals surface area contributed by atoms with E-state index >= 15 is 0 Å². The first-order chi connectivity index (χ1) is 9.86. The van der Waals surface area contributed by atoms with Crippen LogP contribution in [0, 0.1) is 5.82 Å². The first-order valence-electron chi connectivity index (χ1n) is 6.07. The zero-order valence-electron chi connectivity index (χ0n) is 11.0. The fraction of sp³-hybridized carbons (Fsp3) is 0.133. The van der Waals surface area contributed by atoms with Crippen LogP contribution in [0.15, 0.2) is 42.5 Å².